The maximum Gasteiger partial charge on any atom is 0.418 e. The van der Waals surface area contributed by atoms with Crippen LogP contribution in [0.5, 0.6) is 0 Å². The van der Waals surface area contributed by atoms with Crippen LogP contribution in [0.2, 0.25) is 0 Å². The lowest BCUT2D eigenvalue weighted by Gasteiger charge is -2.27. The minimum atomic E-state index is -0.633. The molecule has 0 aromatic carbocycles. The van der Waals surface area contributed by atoms with Crippen molar-refractivity contribution in [3.8, 4) is 0 Å². The lowest BCUT2D eigenvalue weighted by atomic mass is 10.2. The number of ether oxygens (including phenoxy) is 2. The number of aromatic nitrogens is 2. The number of nitrogens with zero attached hydrogens (tertiary/aromatic N) is 4. The van der Waals surface area contributed by atoms with Gasteiger partial charge in [0.1, 0.15) is 24.4 Å². The fourth-order valence-corrected chi connectivity index (χ4v) is 2.07. The van der Waals surface area contributed by atoms with E-state index in [-0.39, 0.29) is 6.67 Å². The normalized spacial score (nSPS) is 15.2. The van der Waals surface area contributed by atoms with E-state index in [4.69, 9.17) is 9.47 Å². The lowest BCUT2D eigenvalue weighted by molar-refractivity contribution is 0.0565. The van der Waals surface area contributed by atoms with Crippen LogP contribution in [0.15, 0.2) is 5.51 Å². The number of amides is 2. The molecule has 0 N–H and O–H groups in total. The smallest absolute Gasteiger partial charge is 0.418 e. The van der Waals surface area contributed by atoms with Gasteiger partial charge in [-0.25, -0.2) is 14.5 Å². The predicted octanol–water partition coefficient (Wildman–Crippen LogP) is 1.69. The first-order valence-electron chi connectivity index (χ1n) is 6.05. The Labute approximate surface area is 120 Å². The van der Waals surface area contributed by atoms with Gasteiger partial charge in [-0.05, 0) is 20.8 Å². The van der Waals surface area contributed by atoms with Crippen LogP contribution in [0.1, 0.15) is 20.8 Å². The zero-order chi connectivity index (χ0) is 14.8. The summed E-state index contributed by atoms with van der Waals surface area (Å²) in [7, 11) is 0. The molecule has 1 fully saturated rings. The monoisotopic (exact) mass is 300 g/mol. The summed E-state index contributed by atoms with van der Waals surface area (Å²) in [5, 5.41) is 7.92. The van der Waals surface area contributed by atoms with Crippen molar-refractivity contribution in [2.45, 2.75) is 26.4 Å². The van der Waals surface area contributed by atoms with Gasteiger partial charge < -0.3 is 9.47 Å². The fraction of sp³-hybridized carbons (Fsp3) is 0.636. The first-order valence-corrected chi connectivity index (χ1v) is 6.93. The molecule has 1 aromatic heterocycles. The summed E-state index contributed by atoms with van der Waals surface area (Å²) in [6.07, 6.45) is -1.03. The van der Waals surface area contributed by atoms with E-state index in [1.54, 1.807) is 20.8 Å². The summed E-state index contributed by atoms with van der Waals surface area (Å²) in [5.41, 5.74) is 0.876. The second kappa shape index (κ2) is 5.61. The average Bonchev–Trinajstić information content (AvgIpc) is 2.95. The number of hydrogen-bond acceptors (Lipinski definition) is 7. The van der Waals surface area contributed by atoms with Gasteiger partial charge in [0.05, 0.1) is 6.54 Å². The molecule has 0 atom stereocenters. The summed E-state index contributed by atoms with van der Waals surface area (Å²) >= 11 is 1.19. The van der Waals surface area contributed by atoms with Gasteiger partial charge in [0.25, 0.3) is 0 Å². The lowest BCUT2D eigenvalue weighted by Crippen LogP contribution is -2.44. The highest BCUT2D eigenvalue weighted by molar-refractivity contribution is 7.13. The van der Waals surface area contributed by atoms with E-state index in [1.807, 2.05) is 0 Å². The second-order valence-electron chi connectivity index (χ2n) is 5.15. The zero-order valence-electron chi connectivity index (χ0n) is 11.5. The van der Waals surface area contributed by atoms with Gasteiger partial charge in [-0.2, -0.15) is 0 Å². The van der Waals surface area contributed by atoms with E-state index in [9.17, 15) is 9.59 Å². The third-order valence-electron chi connectivity index (χ3n) is 2.35. The van der Waals surface area contributed by atoms with Gasteiger partial charge in [0.2, 0.25) is 5.13 Å². The molecule has 2 amide bonds. The minimum absolute atomic E-state index is 0.0307. The predicted molar refractivity (Wildman–Crippen MR) is 71.5 cm³/mol. The van der Waals surface area contributed by atoms with E-state index in [1.165, 1.54) is 26.6 Å². The van der Waals surface area contributed by atoms with Crippen LogP contribution in [-0.2, 0) is 9.47 Å². The highest BCUT2D eigenvalue weighted by atomic mass is 32.1. The van der Waals surface area contributed by atoms with Crippen LogP contribution in [-0.4, -0.2) is 52.7 Å². The van der Waals surface area contributed by atoms with Gasteiger partial charge in [-0.1, -0.05) is 11.3 Å². The molecule has 2 rings (SSSR count). The molecule has 0 bridgehead atoms. The second-order valence-corrected chi connectivity index (χ2v) is 5.96. The first-order chi connectivity index (χ1) is 9.37. The van der Waals surface area contributed by atoms with Gasteiger partial charge in [0, 0.05) is 0 Å². The van der Waals surface area contributed by atoms with Gasteiger partial charge in [0.15, 0.2) is 0 Å². The molecule has 9 heteroatoms. The van der Waals surface area contributed by atoms with Crippen LogP contribution in [0, 0.1) is 0 Å². The fourth-order valence-electron chi connectivity index (χ4n) is 1.52. The molecule has 0 aliphatic carbocycles. The Morgan fingerprint density at radius 2 is 2.35 bits per heavy atom. The summed E-state index contributed by atoms with van der Waals surface area (Å²) < 4.78 is 10.2. The Bertz CT molecular complexity index is 485. The molecular formula is C11H16N4O4S. The molecule has 0 saturated carbocycles. The van der Waals surface area contributed by atoms with Crippen molar-refractivity contribution in [1.82, 2.24) is 15.1 Å². The van der Waals surface area contributed by atoms with Gasteiger partial charge in [-0.3, -0.25) is 4.90 Å². The highest BCUT2D eigenvalue weighted by Crippen LogP contribution is 2.20. The largest absolute Gasteiger partial charge is 0.447 e. The molecule has 1 saturated heterocycles. The summed E-state index contributed by atoms with van der Waals surface area (Å²) in [4.78, 5) is 26.4. The third-order valence-corrected chi connectivity index (χ3v) is 3.06. The molecule has 1 aromatic rings. The molecule has 0 radical (unpaired) electrons. The van der Waals surface area contributed by atoms with Crippen LogP contribution >= 0.6 is 11.3 Å². The number of rotatable bonds is 3. The molecule has 8 nitrogen and oxygen atoms in total. The van der Waals surface area contributed by atoms with E-state index in [0.29, 0.717) is 18.3 Å². The van der Waals surface area contributed by atoms with Crippen LogP contribution in [0.25, 0.3) is 0 Å². The molecular weight excluding hydrogens is 284 g/mol. The number of cyclic esters (lactones) is 1. The Kier molecular flexibility index (Phi) is 4.07. The van der Waals surface area contributed by atoms with Crippen molar-refractivity contribution >= 4 is 28.7 Å². The maximum atomic E-state index is 12.2. The molecule has 2 heterocycles. The van der Waals surface area contributed by atoms with Crippen molar-refractivity contribution in [1.29, 1.82) is 0 Å². The van der Waals surface area contributed by atoms with Crippen LogP contribution < -0.4 is 4.90 Å². The van der Waals surface area contributed by atoms with Crippen LogP contribution in [0.4, 0.5) is 14.7 Å². The van der Waals surface area contributed by atoms with Crippen LogP contribution in [0.3, 0.4) is 0 Å². The minimum Gasteiger partial charge on any atom is -0.447 e. The van der Waals surface area contributed by atoms with E-state index in [0.717, 1.165) is 0 Å². The average molecular weight is 300 g/mol. The maximum absolute atomic E-state index is 12.2. The van der Waals surface area contributed by atoms with Gasteiger partial charge >= 0.3 is 12.2 Å². The number of carbonyl (C=O) groups excluding carboxylic acids is 2. The molecule has 1 aliphatic heterocycles. The Morgan fingerprint density at radius 1 is 1.60 bits per heavy atom. The Morgan fingerprint density at radius 3 is 2.85 bits per heavy atom. The molecule has 0 unspecified atom stereocenters. The highest BCUT2D eigenvalue weighted by Gasteiger charge is 2.31. The van der Waals surface area contributed by atoms with Crippen molar-refractivity contribution in [2.75, 3.05) is 24.7 Å². The third kappa shape index (κ3) is 3.56. The summed E-state index contributed by atoms with van der Waals surface area (Å²) in [5.74, 6) is 0. The Hall–Kier alpha value is -1.90. The van der Waals surface area contributed by atoms with E-state index < -0.39 is 17.8 Å². The summed E-state index contributed by atoms with van der Waals surface area (Å²) in [6.45, 7) is 6.09. The SMILES string of the molecule is CC(C)(C)OC(=O)N(CN1CCOC1=O)c1nncs1. The Balaban J connectivity index is 2.13. The number of anilines is 1. The molecule has 0 spiro atoms. The van der Waals surface area contributed by atoms with Crippen molar-refractivity contribution in [2.24, 2.45) is 0 Å². The standard InChI is InChI=1S/C11H16N4O4S/c1-11(2,3)19-10(17)15(8-13-12-6-20-8)7-14-4-5-18-9(14)16/h6H,4-5,7H2,1-3H3. The first kappa shape index (κ1) is 14.5. The number of carbonyl (C=O) groups is 2. The van der Waals surface area contributed by atoms with Crippen molar-refractivity contribution in [3.63, 3.8) is 0 Å². The zero-order valence-corrected chi connectivity index (χ0v) is 12.3. The van der Waals surface area contributed by atoms with Gasteiger partial charge in [-0.15, -0.1) is 10.2 Å². The molecule has 1 aliphatic rings. The quantitative estimate of drug-likeness (QED) is 0.844. The van der Waals surface area contributed by atoms with Crippen molar-refractivity contribution in [3.05, 3.63) is 5.51 Å². The van der Waals surface area contributed by atoms with E-state index >= 15 is 0 Å². The van der Waals surface area contributed by atoms with Crippen molar-refractivity contribution < 1.29 is 19.1 Å². The topological polar surface area (TPSA) is 84.9 Å². The summed E-state index contributed by atoms with van der Waals surface area (Å²) in [6, 6.07) is 0. The van der Waals surface area contributed by atoms with E-state index in [2.05, 4.69) is 10.2 Å². The number of hydrogen-bond donors (Lipinski definition) is 0. The molecule has 110 valence electrons. The molecule has 20 heavy (non-hydrogen) atoms.